The molecule has 0 unspecified atom stereocenters. The molecule has 2 aromatic rings. The lowest BCUT2D eigenvalue weighted by Gasteiger charge is -2.06. The molecular formula is C12H13ClFN3. The Labute approximate surface area is 104 Å². The molecule has 1 aromatic heterocycles. The van der Waals surface area contributed by atoms with Crippen LogP contribution in [0.15, 0.2) is 24.4 Å². The number of hydrogen-bond acceptors (Lipinski definition) is 2. The van der Waals surface area contributed by atoms with Gasteiger partial charge in [0.05, 0.1) is 6.20 Å². The van der Waals surface area contributed by atoms with E-state index in [2.05, 4.69) is 15.5 Å². The highest BCUT2D eigenvalue weighted by Gasteiger charge is 2.04. The zero-order valence-electron chi connectivity index (χ0n) is 9.43. The minimum Gasteiger partial charge on any atom is -0.308 e. The first-order chi connectivity index (χ1) is 8.16. The van der Waals surface area contributed by atoms with Crippen LogP contribution >= 0.6 is 11.6 Å². The summed E-state index contributed by atoms with van der Waals surface area (Å²) in [5.41, 5.74) is 2.66. The molecule has 0 aliphatic heterocycles. The van der Waals surface area contributed by atoms with Gasteiger partial charge in [0.1, 0.15) is 5.82 Å². The average molecular weight is 254 g/mol. The summed E-state index contributed by atoms with van der Waals surface area (Å²) in [7, 11) is 0. The number of hydrogen-bond donors (Lipinski definition) is 2. The number of aromatic nitrogens is 2. The topological polar surface area (TPSA) is 40.7 Å². The van der Waals surface area contributed by atoms with Crippen LogP contribution in [0.5, 0.6) is 0 Å². The number of aryl methyl sites for hydroxylation is 1. The van der Waals surface area contributed by atoms with Crippen LogP contribution in [-0.2, 0) is 13.1 Å². The Morgan fingerprint density at radius 2 is 2.12 bits per heavy atom. The van der Waals surface area contributed by atoms with Crippen molar-refractivity contribution in [2.75, 3.05) is 0 Å². The maximum absolute atomic E-state index is 13.4. The fraction of sp³-hybridized carbons (Fsp3) is 0.250. The number of H-pyrrole nitrogens is 1. The van der Waals surface area contributed by atoms with Crippen molar-refractivity contribution in [1.82, 2.24) is 15.5 Å². The minimum atomic E-state index is -0.245. The van der Waals surface area contributed by atoms with Gasteiger partial charge in [0.25, 0.3) is 0 Å². The van der Waals surface area contributed by atoms with Crippen LogP contribution in [-0.4, -0.2) is 10.2 Å². The van der Waals surface area contributed by atoms with Crippen molar-refractivity contribution in [2.45, 2.75) is 20.0 Å². The van der Waals surface area contributed by atoms with Crippen LogP contribution in [0.25, 0.3) is 0 Å². The second-order valence-electron chi connectivity index (χ2n) is 3.86. The predicted octanol–water partition coefficient (Wildman–Crippen LogP) is 2.80. The predicted molar refractivity (Wildman–Crippen MR) is 65.3 cm³/mol. The Morgan fingerprint density at radius 3 is 2.82 bits per heavy atom. The van der Waals surface area contributed by atoms with Crippen molar-refractivity contribution in [3.05, 3.63) is 52.1 Å². The third kappa shape index (κ3) is 3.05. The van der Waals surface area contributed by atoms with Crippen molar-refractivity contribution in [3.63, 3.8) is 0 Å². The Kier molecular flexibility index (Phi) is 3.76. The zero-order chi connectivity index (χ0) is 12.3. The van der Waals surface area contributed by atoms with E-state index in [-0.39, 0.29) is 5.82 Å². The highest BCUT2D eigenvalue weighted by atomic mass is 35.5. The lowest BCUT2D eigenvalue weighted by Crippen LogP contribution is -2.14. The maximum Gasteiger partial charge on any atom is 0.127 e. The van der Waals surface area contributed by atoms with Gasteiger partial charge in [-0.15, -0.1) is 0 Å². The van der Waals surface area contributed by atoms with Crippen molar-refractivity contribution < 1.29 is 4.39 Å². The largest absolute Gasteiger partial charge is 0.308 e. The molecule has 0 saturated carbocycles. The molecular weight excluding hydrogens is 241 g/mol. The lowest BCUT2D eigenvalue weighted by atomic mass is 10.2. The lowest BCUT2D eigenvalue weighted by molar-refractivity contribution is 0.587. The summed E-state index contributed by atoms with van der Waals surface area (Å²) in [6, 6.07) is 4.55. The summed E-state index contributed by atoms with van der Waals surface area (Å²) in [6.07, 6.45) is 1.76. The summed E-state index contributed by atoms with van der Waals surface area (Å²) in [5, 5.41) is 10.5. The number of rotatable bonds is 4. The molecule has 0 aliphatic carbocycles. The third-order valence-corrected chi connectivity index (χ3v) is 2.81. The van der Waals surface area contributed by atoms with Gasteiger partial charge in [0.2, 0.25) is 0 Å². The number of benzene rings is 1. The summed E-state index contributed by atoms with van der Waals surface area (Å²) in [6.45, 7) is 3.04. The second-order valence-corrected chi connectivity index (χ2v) is 4.30. The van der Waals surface area contributed by atoms with E-state index in [1.165, 1.54) is 6.07 Å². The number of aromatic amines is 1. The van der Waals surface area contributed by atoms with Crippen molar-refractivity contribution >= 4 is 11.6 Å². The summed E-state index contributed by atoms with van der Waals surface area (Å²) >= 11 is 5.81. The highest BCUT2D eigenvalue weighted by Crippen LogP contribution is 2.14. The number of nitrogens with one attached hydrogen (secondary N) is 2. The first-order valence-corrected chi connectivity index (χ1v) is 5.68. The first-order valence-electron chi connectivity index (χ1n) is 5.30. The Balaban J connectivity index is 1.94. The van der Waals surface area contributed by atoms with Crippen LogP contribution in [0.3, 0.4) is 0 Å². The second kappa shape index (κ2) is 5.29. The average Bonchev–Trinajstić information content (AvgIpc) is 2.70. The Bertz CT molecular complexity index is 510. The van der Waals surface area contributed by atoms with Gasteiger partial charge >= 0.3 is 0 Å². The first kappa shape index (κ1) is 12.1. The Hall–Kier alpha value is -1.39. The van der Waals surface area contributed by atoms with Gasteiger partial charge in [0, 0.05) is 34.9 Å². The third-order valence-electron chi connectivity index (χ3n) is 2.57. The van der Waals surface area contributed by atoms with Crippen molar-refractivity contribution in [3.8, 4) is 0 Å². The van der Waals surface area contributed by atoms with Gasteiger partial charge in [-0.05, 0) is 25.1 Å². The highest BCUT2D eigenvalue weighted by molar-refractivity contribution is 6.30. The fourth-order valence-corrected chi connectivity index (χ4v) is 1.76. The van der Waals surface area contributed by atoms with E-state index in [1.807, 2.05) is 6.92 Å². The van der Waals surface area contributed by atoms with Crippen LogP contribution in [0.1, 0.15) is 16.8 Å². The van der Waals surface area contributed by atoms with E-state index in [4.69, 9.17) is 11.6 Å². The minimum absolute atomic E-state index is 0.245. The summed E-state index contributed by atoms with van der Waals surface area (Å²) < 4.78 is 13.4. The SMILES string of the molecule is Cc1[nH]ncc1CNCc1cc(Cl)ccc1F. The smallest absolute Gasteiger partial charge is 0.127 e. The van der Waals surface area contributed by atoms with E-state index < -0.39 is 0 Å². The molecule has 0 atom stereocenters. The van der Waals surface area contributed by atoms with Crippen molar-refractivity contribution in [2.24, 2.45) is 0 Å². The van der Waals surface area contributed by atoms with Crippen LogP contribution in [0, 0.1) is 12.7 Å². The van der Waals surface area contributed by atoms with Crippen molar-refractivity contribution in [1.29, 1.82) is 0 Å². The van der Waals surface area contributed by atoms with Crippen LogP contribution in [0.2, 0.25) is 5.02 Å². The zero-order valence-corrected chi connectivity index (χ0v) is 10.2. The molecule has 2 rings (SSSR count). The normalized spacial score (nSPS) is 10.8. The molecule has 0 aliphatic rings. The summed E-state index contributed by atoms with van der Waals surface area (Å²) in [5.74, 6) is -0.245. The van der Waals surface area contributed by atoms with Gasteiger partial charge in [-0.25, -0.2) is 4.39 Å². The van der Waals surface area contributed by atoms with Gasteiger partial charge < -0.3 is 5.32 Å². The van der Waals surface area contributed by atoms with Gasteiger partial charge in [-0.1, -0.05) is 11.6 Å². The van der Waals surface area contributed by atoms with E-state index in [9.17, 15) is 4.39 Å². The van der Waals surface area contributed by atoms with Crippen LogP contribution in [0.4, 0.5) is 4.39 Å². The van der Waals surface area contributed by atoms with Crippen LogP contribution < -0.4 is 5.32 Å². The Morgan fingerprint density at radius 1 is 1.35 bits per heavy atom. The van der Waals surface area contributed by atoms with E-state index >= 15 is 0 Å². The molecule has 1 aromatic carbocycles. The molecule has 0 saturated heterocycles. The van der Waals surface area contributed by atoms with E-state index in [0.717, 1.165) is 11.3 Å². The molecule has 3 nitrogen and oxygen atoms in total. The molecule has 0 radical (unpaired) electrons. The maximum atomic E-state index is 13.4. The standard InChI is InChI=1S/C12H13ClFN3/c1-8-10(7-16-17-8)6-15-5-9-4-11(13)2-3-12(9)14/h2-4,7,15H,5-6H2,1H3,(H,16,17). The molecule has 2 N–H and O–H groups in total. The van der Waals surface area contributed by atoms with E-state index in [1.54, 1.807) is 18.3 Å². The van der Waals surface area contributed by atoms with Gasteiger partial charge in [0.15, 0.2) is 0 Å². The fourth-order valence-electron chi connectivity index (χ4n) is 1.56. The molecule has 1 heterocycles. The molecule has 90 valence electrons. The molecule has 0 amide bonds. The summed E-state index contributed by atoms with van der Waals surface area (Å²) in [4.78, 5) is 0. The molecule has 17 heavy (non-hydrogen) atoms. The molecule has 5 heteroatoms. The number of halogens is 2. The molecule has 0 bridgehead atoms. The van der Waals surface area contributed by atoms with Gasteiger partial charge in [-0.2, -0.15) is 5.10 Å². The van der Waals surface area contributed by atoms with E-state index in [0.29, 0.717) is 23.7 Å². The van der Waals surface area contributed by atoms with Gasteiger partial charge in [-0.3, -0.25) is 5.10 Å². The molecule has 0 spiro atoms. The molecule has 0 fully saturated rings. The quantitative estimate of drug-likeness (QED) is 0.880. The monoisotopic (exact) mass is 253 g/mol. The number of nitrogens with zero attached hydrogens (tertiary/aromatic N) is 1.